The third kappa shape index (κ3) is 6.07. The molecule has 0 aliphatic carbocycles. The van der Waals surface area contributed by atoms with Gasteiger partial charge in [-0.3, -0.25) is 20.4 Å². The Balaban J connectivity index is 1.80. The van der Waals surface area contributed by atoms with Gasteiger partial charge in [-0.15, -0.1) is 0 Å². The summed E-state index contributed by atoms with van der Waals surface area (Å²) >= 11 is 0. The van der Waals surface area contributed by atoms with Gasteiger partial charge in [-0.05, 0) is 62.4 Å². The maximum Gasteiger partial charge on any atom is 0.269 e. The van der Waals surface area contributed by atoms with Gasteiger partial charge in [0.15, 0.2) is 0 Å². The van der Waals surface area contributed by atoms with Gasteiger partial charge in [0.1, 0.15) is 5.75 Å². The molecule has 28 heavy (non-hydrogen) atoms. The van der Waals surface area contributed by atoms with E-state index in [1.807, 2.05) is 6.92 Å². The number of nitrogens with one attached hydrogen (secondary N) is 3. The van der Waals surface area contributed by atoms with E-state index in [2.05, 4.69) is 15.6 Å². The number of carbonyl (C=O) groups is 2. The van der Waals surface area contributed by atoms with Crippen LogP contribution in [-0.2, 0) is 21.2 Å². The average Bonchev–Trinajstić information content (AvgIpc) is 2.71. The Labute approximate surface area is 164 Å². The largest absolute Gasteiger partial charge is 0.494 e. The molecule has 2 aromatic rings. The van der Waals surface area contributed by atoms with Gasteiger partial charge < -0.3 is 4.74 Å². The Hall–Kier alpha value is -2.91. The fourth-order valence-corrected chi connectivity index (χ4v) is 3.07. The number of sulfonamides is 1. The van der Waals surface area contributed by atoms with E-state index in [9.17, 15) is 18.0 Å². The fraction of sp³-hybridized carbons (Fsp3) is 0.263. The van der Waals surface area contributed by atoms with Crippen LogP contribution in [0.25, 0.3) is 0 Å². The normalized spacial score (nSPS) is 10.9. The van der Waals surface area contributed by atoms with Gasteiger partial charge in [0.05, 0.1) is 11.5 Å². The molecule has 0 heterocycles. The molecule has 9 heteroatoms. The molecular formula is C19H23N3O5S. The number of aryl methyl sites for hydroxylation is 1. The molecule has 2 rings (SSSR count). The second-order valence-corrected chi connectivity index (χ2v) is 7.70. The first kappa shape index (κ1) is 21.4. The first-order valence-electron chi connectivity index (χ1n) is 8.70. The standard InChI is InChI=1S/C19H23N3O5S/c1-3-27-16-9-7-15(8-10-16)19(24)22-21-18(23)13-6-14-4-11-17(12-5-14)28(25,26)20-2/h4-5,7-12,20H,3,6,13H2,1-2H3,(H,21,23)(H,22,24). The molecule has 2 aromatic carbocycles. The van der Waals surface area contributed by atoms with Crippen LogP contribution in [0.2, 0.25) is 0 Å². The lowest BCUT2D eigenvalue weighted by atomic mass is 10.1. The summed E-state index contributed by atoms with van der Waals surface area (Å²) in [7, 11) is -2.14. The number of carbonyl (C=O) groups excluding carboxylic acids is 2. The van der Waals surface area contributed by atoms with Crippen LogP contribution in [0.1, 0.15) is 29.3 Å². The maximum atomic E-state index is 12.0. The molecule has 2 amide bonds. The molecule has 0 fully saturated rings. The van der Waals surface area contributed by atoms with Gasteiger partial charge >= 0.3 is 0 Å². The summed E-state index contributed by atoms with van der Waals surface area (Å²) in [6, 6.07) is 12.8. The molecule has 0 spiro atoms. The zero-order valence-electron chi connectivity index (χ0n) is 15.7. The van der Waals surface area contributed by atoms with Crippen LogP contribution in [0.4, 0.5) is 0 Å². The highest BCUT2D eigenvalue weighted by Gasteiger charge is 2.11. The number of ether oxygens (including phenoxy) is 1. The Bertz CT molecular complexity index is 910. The van der Waals surface area contributed by atoms with Gasteiger partial charge in [0.2, 0.25) is 15.9 Å². The summed E-state index contributed by atoms with van der Waals surface area (Å²) in [5.41, 5.74) is 5.92. The van der Waals surface area contributed by atoms with E-state index < -0.39 is 15.9 Å². The van der Waals surface area contributed by atoms with Crippen molar-refractivity contribution in [3.8, 4) is 5.75 Å². The van der Waals surface area contributed by atoms with E-state index in [-0.39, 0.29) is 17.2 Å². The SMILES string of the molecule is CCOc1ccc(C(=O)NNC(=O)CCc2ccc(S(=O)(=O)NC)cc2)cc1. The van der Waals surface area contributed by atoms with Crippen molar-refractivity contribution in [2.24, 2.45) is 0 Å². The van der Waals surface area contributed by atoms with Crippen LogP contribution in [-0.4, -0.2) is 33.9 Å². The molecule has 0 saturated heterocycles. The van der Waals surface area contributed by atoms with E-state index in [1.165, 1.54) is 19.2 Å². The van der Waals surface area contributed by atoms with Gasteiger partial charge in [0, 0.05) is 12.0 Å². The monoisotopic (exact) mass is 405 g/mol. The molecular weight excluding hydrogens is 382 g/mol. The zero-order valence-corrected chi connectivity index (χ0v) is 16.5. The lowest BCUT2D eigenvalue weighted by molar-refractivity contribution is -0.121. The van der Waals surface area contributed by atoms with E-state index in [1.54, 1.807) is 36.4 Å². The number of benzene rings is 2. The predicted octanol–water partition coefficient (Wildman–Crippen LogP) is 1.39. The van der Waals surface area contributed by atoms with Gasteiger partial charge in [-0.2, -0.15) is 0 Å². The third-order valence-corrected chi connectivity index (χ3v) is 5.32. The van der Waals surface area contributed by atoms with Crippen molar-refractivity contribution in [3.63, 3.8) is 0 Å². The van der Waals surface area contributed by atoms with E-state index >= 15 is 0 Å². The molecule has 0 saturated carbocycles. The number of hydrogen-bond acceptors (Lipinski definition) is 5. The minimum atomic E-state index is -3.48. The summed E-state index contributed by atoms with van der Waals surface area (Å²) in [5.74, 6) is -0.124. The fourth-order valence-electron chi connectivity index (χ4n) is 2.34. The van der Waals surface area contributed by atoms with Crippen LogP contribution in [0.5, 0.6) is 5.75 Å². The van der Waals surface area contributed by atoms with Crippen LogP contribution < -0.4 is 20.3 Å². The molecule has 0 aromatic heterocycles. The Morgan fingerprint density at radius 1 is 0.964 bits per heavy atom. The highest BCUT2D eigenvalue weighted by molar-refractivity contribution is 7.89. The quantitative estimate of drug-likeness (QED) is 0.575. The summed E-state index contributed by atoms with van der Waals surface area (Å²) in [5, 5.41) is 0. The first-order chi connectivity index (χ1) is 13.4. The Morgan fingerprint density at radius 2 is 1.61 bits per heavy atom. The number of hydrazine groups is 1. The molecule has 150 valence electrons. The van der Waals surface area contributed by atoms with Crippen LogP contribution in [0.15, 0.2) is 53.4 Å². The van der Waals surface area contributed by atoms with E-state index in [0.29, 0.717) is 24.3 Å². The molecule has 0 bridgehead atoms. The molecule has 0 radical (unpaired) electrons. The average molecular weight is 405 g/mol. The van der Waals surface area contributed by atoms with Crippen molar-refractivity contribution in [2.75, 3.05) is 13.7 Å². The number of rotatable bonds is 8. The second kappa shape index (κ2) is 9.86. The molecule has 0 aliphatic rings. The van der Waals surface area contributed by atoms with Crippen molar-refractivity contribution in [3.05, 3.63) is 59.7 Å². The summed E-state index contributed by atoms with van der Waals surface area (Å²) in [6.07, 6.45) is 0.548. The predicted molar refractivity (Wildman–Crippen MR) is 104 cm³/mol. The van der Waals surface area contributed by atoms with E-state index in [0.717, 1.165) is 5.56 Å². The molecule has 0 aliphatic heterocycles. The van der Waals surface area contributed by atoms with Crippen molar-refractivity contribution in [2.45, 2.75) is 24.7 Å². The lowest BCUT2D eigenvalue weighted by Crippen LogP contribution is -2.41. The van der Waals surface area contributed by atoms with Gasteiger partial charge in [-0.1, -0.05) is 12.1 Å². The van der Waals surface area contributed by atoms with Crippen molar-refractivity contribution >= 4 is 21.8 Å². The number of hydrogen-bond donors (Lipinski definition) is 3. The first-order valence-corrected chi connectivity index (χ1v) is 10.2. The minimum absolute atomic E-state index is 0.141. The van der Waals surface area contributed by atoms with Crippen molar-refractivity contribution in [1.29, 1.82) is 0 Å². The summed E-state index contributed by atoms with van der Waals surface area (Å²) < 4.78 is 30.9. The van der Waals surface area contributed by atoms with Gasteiger partial charge in [-0.25, -0.2) is 13.1 Å². The molecule has 8 nitrogen and oxygen atoms in total. The van der Waals surface area contributed by atoms with Crippen molar-refractivity contribution < 1.29 is 22.7 Å². The maximum absolute atomic E-state index is 12.0. The number of amides is 2. The van der Waals surface area contributed by atoms with Crippen LogP contribution >= 0.6 is 0 Å². The third-order valence-electron chi connectivity index (χ3n) is 3.89. The lowest BCUT2D eigenvalue weighted by Gasteiger charge is -2.09. The smallest absolute Gasteiger partial charge is 0.269 e. The molecule has 0 unspecified atom stereocenters. The Kier molecular flexibility index (Phi) is 7.53. The highest BCUT2D eigenvalue weighted by atomic mass is 32.2. The topological polar surface area (TPSA) is 114 Å². The van der Waals surface area contributed by atoms with Crippen LogP contribution in [0, 0.1) is 0 Å². The summed E-state index contributed by atoms with van der Waals surface area (Å²) in [4.78, 5) is 24.1. The van der Waals surface area contributed by atoms with Crippen molar-refractivity contribution in [1.82, 2.24) is 15.6 Å². The van der Waals surface area contributed by atoms with Gasteiger partial charge in [0.25, 0.3) is 5.91 Å². The Morgan fingerprint density at radius 3 is 2.18 bits per heavy atom. The molecule has 0 atom stereocenters. The minimum Gasteiger partial charge on any atom is -0.494 e. The summed E-state index contributed by atoms with van der Waals surface area (Å²) in [6.45, 7) is 2.41. The highest BCUT2D eigenvalue weighted by Crippen LogP contribution is 2.12. The molecule has 3 N–H and O–H groups in total. The van der Waals surface area contributed by atoms with E-state index in [4.69, 9.17) is 4.74 Å². The second-order valence-electron chi connectivity index (χ2n) is 5.81. The zero-order chi connectivity index (χ0) is 20.6. The van der Waals surface area contributed by atoms with Crippen LogP contribution in [0.3, 0.4) is 0 Å².